The van der Waals surface area contributed by atoms with Crippen LogP contribution in [0.4, 0.5) is 14.6 Å². The van der Waals surface area contributed by atoms with E-state index in [-0.39, 0.29) is 22.9 Å². The molecule has 34 heavy (non-hydrogen) atoms. The average Bonchev–Trinajstić information content (AvgIpc) is 3.36. The van der Waals surface area contributed by atoms with E-state index in [0.717, 1.165) is 19.0 Å². The second kappa shape index (κ2) is 8.90. The first-order valence-corrected chi connectivity index (χ1v) is 11.0. The molecule has 0 spiro atoms. The number of fused-ring (bicyclic) bond motifs is 1. The molecule has 0 radical (unpaired) electrons. The van der Waals surface area contributed by atoms with Crippen molar-refractivity contribution in [1.82, 2.24) is 25.3 Å². The van der Waals surface area contributed by atoms with Crippen molar-refractivity contribution in [3.8, 4) is 11.3 Å². The Balaban J connectivity index is 1.57. The van der Waals surface area contributed by atoms with Crippen molar-refractivity contribution in [3.05, 3.63) is 71.6 Å². The Kier molecular flexibility index (Phi) is 4.89. The molecule has 1 saturated heterocycles. The lowest BCUT2D eigenvalue weighted by Gasteiger charge is -2.35. The van der Waals surface area contributed by atoms with Crippen molar-refractivity contribution < 1.29 is 17.7 Å². The lowest BCUT2D eigenvalue weighted by Crippen LogP contribution is -2.49. The second-order valence-corrected chi connectivity index (χ2v) is 8.37. The first-order chi connectivity index (χ1) is 17.6. The Morgan fingerprint density at radius 3 is 2.88 bits per heavy atom. The van der Waals surface area contributed by atoms with Crippen LogP contribution < -0.4 is 10.2 Å². The molecule has 0 saturated carbocycles. The SMILES string of the molecule is [2H]C([2H])([2H])n1cc(-c2ccc(C(=O)N(c3nccc4cc(F)cc(C)c34)[C@@H]3CCCNC3)c(F)c2)nn1. The summed E-state index contributed by atoms with van der Waals surface area (Å²) in [6.07, 6.45) is 4.23. The number of aromatic nitrogens is 4. The summed E-state index contributed by atoms with van der Waals surface area (Å²) in [6.45, 7) is 0.550. The number of rotatable bonds is 4. The zero-order valence-electron chi connectivity index (χ0n) is 21.4. The average molecular weight is 466 g/mol. The van der Waals surface area contributed by atoms with Crippen molar-refractivity contribution in [1.29, 1.82) is 0 Å². The number of nitrogens with zero attached hydrogens (tertiary/aromatic N) is 5. The number of amides is 1. The molecular formula is C25H24F2N6O. The van der Waals surface area contributed by atoms with Gasteiger partial charge >= 0.3 is 0 Å². The first kappa shape index (κ1) is 18.7. The van der Waals surface area contributed by atoms with Gasteiger partial charge in [0.15, 0.2) is 0 Å². The molecule has 5 rings (SSSR count). The van der Waals surface area contributed by atoms with E-state index in [2.05, 4.69) is 20.6 Å². The number of piperidine rings is 1. The second-order valence-electron chi connectivity index (χ2n) is 8.37. The maximum atomic E-state index is 15.4. The number of halogens is 2. The highest BCUT2D eigenvalue weighted by Crippen LogP contribution is 2.33. The maximum absolute atomic E-state index is 15.4. The third-order valence-corrected chi connectivity index (χ3v) is 6.08. The van der Waals surface area contributed by atoms with Crippen LogP contribution in [0.2, 0.25) is 0 Å². The van der Waals surface area contributed by atoms with Crippen LogP contribution in [0.15, 0.2) is 48.8 Å². The van der Waals surface area contributed by atoms with Gasteiger partial charge in [0.25, 0.3) is 5.91 Å². The van der Waals surface area contributed by atoms with Crippen molar-refractivity contribution in [2.45, 2.75) is 25.8 Å². The van der Waals surface area contributed by atoms with Crippen LogP contribution in [-0.4, -0.2) is 45.0 Å². The summed E-state index contributed by atoms with van der Waals surface area (Å²) in [5.41, 5.74) is 0.893. The van der Waals surface area contributed by atoms with Gasteiger partial charge < -0.3 is 5.32 Å². The minimum absolute atomic E-state index is 0.163. The molecule has 3 heterocycles. The van der Waals surface area contributed by atoms with Crippen LogP contribution in [0.25, 0.3) is 22.0 Å². The fraction of sp³-hybridized carbons (Fsp3) is 0.280. The Labute approximate surface area is 199 Å². The van der Waals surface area contributed by atoms with Gasteiger partial charge in [0.2, 0.25) is 0 Å². The summed E-state index contributed by atoms with van der Waals surface area (Å²) < 4.78 is 52.5. The third kappa shape index (κ3) is 4.03. The Bertz CT molecular complexity index is 1480. The Morgan fingerprint density at radius 1 is 1.26 bits per heavy atom. The van der Waals surface area contributed by atoms with Crippen LogP contribution in [0.1, 0.15) is 32.9 Å². The zero-order valence-corrected chi connectivity index (χ0v) is 18.4. The highest BCUT2D eigenvalue weighted by molar-refractivity contribution is 6.11. The van der Waals surface area contributed by atoms with Crippen molar-refractivity contribution in [2.24, 2.45) is 6.98 Å². The number of carbonyl (C=O) groups excluding carboxylic acids is 1. The molecular weight excluding hydrogens is 438 g/mol. The molecule has 0 bridgehead atoms. The van der Waals surface area contributed by atoms with Crippen LogP contribution in [0.3, 0.4) is 0 Å². The minimum atomic E-state index is -2.51. The van der Waals surface area contributed by atoms with E-state index in [1.54, 1.807) is 13.0 Å². The molecule has 2 aromatic heterocycles. The fourth-order valence-corrected chi connectivity index (χ4v) is 4.50. The van der Waals surface area contributed by atoms with E-state index in [1.165, 1.54) is 41.6 Å². The Morgan fingerprint density at radius 2 is 2.15 bits per heavy atom. The number of aryl methyl sites for hydroxylation is 2. The Hall–Kier alpha value is -3.72. The normalized spacial score (nSPS) is 17.7. The number of carbonyl (C=O) groups is 1. The molecule has 4 aromatic rings. The van der Waals surface area contributed by atoms with E-state index in [1.807, 2.05) is 0 Å². The standard InChI is InChI=1S/C25H24F2N6O/c1-15-10-18(26)11-17-7-9-29-24(23(15)17)33(19-4-3-8-28-13-19)25(34)20-6-5-16(12-21(20)27)22-14-32(2)31-30-22/h5-7,9-12,14,19,28H,3-4,8,13H2,1-2H3/t19-/m1/s1/i2D3. The van der Waals surface area contributed by atoms with Gasteiger partial charge in [-0.15, -0.1) is 5.10 Å². The molecule has 7 nitrogen and oxygen atoms in total. The van der Waals surface area contributed by atoms with E-state index < -0.39 is 24.5 Å². The highest BCUT2D eigenvalue weighted by atomic mass is 19.1. The number of hydrogen-bond donors (Lipinski definition) is 1. The molecule has 0 aliphatic carbocycles. The van der Waals surface area contributed by atoms with Gasteiger partial charge in [0.1, 0.15) is 23.1 Å². The van der Waals surface area contributed by atoms with E-state index in [4.69, 9.17) is 4.11 Å². The van der Waals surface area contributed by atoms with Gasteiger partial charge in [0, 0.05) is 34.8 Å². The van der Waals surface area contributed by atoms with Crippen molar-refractivity contribution >= 4 is 22.5 Å². The smallest absolute Gasteiger partial charge is 0.262 e. The van der Waals surface area contributed by atoms with E-state index in [9.17, 15) is 9.18 Å². The lowest BCUT2D eigenvalue weighted by molar-refractivity contribution is 0.0968. The molecule has 1 aliphatic heterocycles. The van der Waals surface area contributed by atoms with Crippen LogP contribution >= 0.6 is 0 Å². The van der Waals surface area contributed by atoms with Crippen LogP contribution in [-0.2, 0) is 6.98 Å². The predicted octanol–water partition coefficient (Wildman–Crippen LogP) is 4.02. The quantitative estimate of drug-likeness (QED) is 0.493. The molecule has 1 atom stereocenters. The maximum Gasteiger partial charge on any atom is 0.262 e. The molecule has 1 fully saturated rings. The van der Waals surface area contributed by atoms with Gasteiger partial charge in [0.05, 0.1) is 17.8 Å². The zero-order chi connectivity index (χ0) is 26.3. The molecule has 1 amide bonds. The summed E-state index contributed by atoms with van der Waals surface area (Å²) in [4.78, 5) is 19.9. The topological polar surface area (TPSA) is 75.9 Å². The lowest BCUT2D eigenvalue weighted by atomic mass is 10.0. The predicted molar refractivity (Wildman–Crippen MR) is 126 cm³/mol. The van der Waals surface area contributed by atoms with E-state index in [0.29, 0.717) is 39.8 Å². The van der Waals surface area contributed by atoms with Gasteiger partial charge in [-0.25, -0.2) is 13.8 Å². The van der Waals surface area contributed by atoms with Crippen LogP contribution in [0, 0.1) is 18.6 Å². The van der Waals surface area contributed by atoms with Crippen molar-refractivity contribution in [2.75, 3.05) is 18.0 Å². The number of nitrogens with one attached hydrogen (secondary N) is 1. The summed E-state index contributed by atoms with van der Waals surface area (Å²) in [5.74, 6) is -1.41. The van der Waals surface area contributed by atoms with Gasteiger partial charge in [-0.1, -0.05) is 11.3 Å². The van der Waals surface area contributed by atoms with Gasteiger partial charge in [-0.2, -0.15) is 0 Å². The molecule has 174 valence electrons. The molecule has 1 N–H and O–H groups in total. The summed E-state index contributed by atoms with van der Waals surface area (Å²) >= 11 is 0. The molecule has 2 aromatic carbocycles. The van der Waals surface area contributed by atoms with Crippen molar-refractivity contribution in [3.63, 3.8) is 0 Å². The number of pyridine rings is 1. The molecule has 0 unspecified atom stereocenters. The number of anilines is 1. The number of hydrogen-bond acceptors (Lipinski definition) is 5. The third-order valence-electron chi connectivity index (χ3n) is 6.08. The van der Waals surface area contributed by atoms with Crippen LogP contribution in [0.5, 0.6) is 0 Å². The largest absolute Gasteiger partial charge is 0.315 e. The highest BCUT2D eigenvalue weighted by Gasteiger charge is 2.32. The van der Waals surface area contributed by atoms with E-state index >= 15 is 4.39 Å². The first-order valence-electron chi connectivity index (χ1n) is 12.5. The monoisotopic (exact) mass is 465 g/mol. The summed E-state index contributed by atoms with van der Waals surface area (Å²) in [5, 5.41) is 11.9. The summed E-state index contributed by atoms with van der Waals surface area (Å²) in [7, 11) is 0. The molecule has 1 aliphatic rings. The fourth-order valence-electron chi connectivity index (χ4n) is 4.50. The number of benzene rings is 2. The van der Waals surface area contributed by atoms with Gasteiger partial charge in [-0.3, -0.25) is 14.4 Å². The van der Waals surface area contributed by atoms with Gasteiger partial charge in [-0.05, 0) is 67.6 Å². The molecule has 9 heteroatoms. The minimum Gasteiger partial charge on any atom is -0.315 e. The summed E-state index contributed by atoms with van der Waals surface area (Å²) in [6, 6.07) is 8.14.